The highest BCUT2D eigenvalue weighted by atomic mass is 15.3. The minimum Gasteiger partial charge on any atom is -0.397 e. The molecule has 20 heavy (non-hydrogen) atoms. The van der Waals surface area contributed by atoms with E-state index < -0.39 is 0 Å². The molecule has 0 aliphatic rings. The maximum absolute atomic E-state index is 8.73. The number of nitrogens with zero attached hydrogens (tertiary/aromatic N) is 5. The van der Waals surface area contributed by atoms with Gasteiger partial charge in [0.1, 0.15) is 16.7 Å². The van der Waals surface area contributed by atoms with E-state index in [1.54, 1.807) is 36.4 Å². The highest BCUT2D eigenvalue weighted by Gasteiger charge is 2.07. The van der Waals surface area contributed by atoms with Crippen molar-refractivity contribution in [2.45, 2.75) is 0 Å². The Bertz CT molecular complexity index is 824. The first-order chi connectivity index (χ1) is 9.78. The Morgan fingerprint density at radius 2 is 1.90 bits per heavy atom. The number of hydrogen-bond acceptors (Lipinski definition) is 6. The SMILES string of the molecule is N#Cc1ccc(/N=N/c2c(N)ccc3nn[nH]c23)cc1. The fourth-order valence-corrected chi connectivity index (χ4v) is 1.74. The van der Waals surface area contributed by atoms with E-state index in [0.29, 0.717) is 33.7 Å². The first kappa shape index (κ1) is 11.8. The van der Waals surface area contributed by atoms with Crippen LogP contribution in [-0.4, -0.2) is 15.4 Å². The van der Waals surface area contributed by atoms with Crippen molar-refractivity contribution in [3.63, 3.8) is 0 Å². The van der Waals surface area contributed by atoms with Gasteiger partial charge in [0.15, 0.2) is 0 Å². The molecule has 1 heterocycles. The van der Waals surface area contributed by atoms with Gasteiger partial charge in [-0.3, -0.25) is 5.10 Å². The van der Waals surface area contributed by atoms with Crippen molar-refractivity contribution in [1.29, 1.82) is 5.26 Å². The molecule has 0 saturated carbocycles. The van der Waals surface area contributed by atoms with Gasteiger partial charge in [0.25, 0.3) is 0 Å². The zero-order valence-corrected chi connectivity index (χ0v) is 10.3. The minimum absolute atomic E-state index is 0.487. The van der Waals surface area contributed by atoms with Gasteiger partial charge in [0.2, 0.25) is 0 Å². The van der Waals surface area contributed by atoms with Crippen molar-refractivity contribution >= 4 is 28.1 Å². The number of aromatic amines is 1. The highest BCUT2D eigenvalue weighted by molar-refractivity contribution is 5.92. The van der Waals surface area contributed by atoms with Crippen LogP contribution in [0.2, 0.25) is 0 Å². The standard InChI is InChI=1S/C13H9N7/c14-7-8-1-3-9(4-2-8)16-18-12-10(15)5-6-11-13(12)19-20-17-11/h1-6H,15H2,(H,17,19,20)/b18-16+. The molecule has 0 atom stereocenters. The average Bonchev–Trinajstić information content (AvgIpc) is 2.95. The van der Waals surface area contributed by atoms with Crippen LogP contribution in [0.25, 0.3) is 11.0 Å². The van der Waals surface area contributed by atoms with Crippen LogP contribution in [0, 0.1) is 11.3 Å². The molecule has 3 N–H and O–H groups in total. The van der Waals surface area contributed by atoms with Crippen molar-refractivity contribution in [2.24, 2.45) is 10.2 Å². The van der Waals surface area contributed by atoms with E-state index in [-0.39, 0.29) is 0 Å². The second-order valence-corrected chi connectivity index (χ2v) is 4.07. The molecule has 0 unspecified atom stereocenters. The second kappa shape index (κ2) is 4.78. The molecule has 96 valence electrons. The van der Waals surface area contributed by atoms with E-state index in [2.05, 4.69) is 25.6 Å². The molecule has 7 heteroatoms. The fourth-order valence-electron chi connectivity index (χ4n) is 1.74. The third-order valence-electron chi connectivity index (χ3n) is 2.77. The number of benzene rings is 2. The van der Waals surface area contributed by atoms with Crippen molar-refractivity contribution in [3.8, 4) is 6.07 Å². The summed E-state index contributed by atoms with van der Waals surface area (Å²) in [5.41, 5.74) is 9.39. The van der Waals surface area contributed by atoms with Gasteiger partial charge in [-0.2, -0.15) is 10.4 Å². The third-order valence-corrected chi connectivity index (χ3v) is 2.77. The molecule has 3 rings (SSSR count). The monoisotopic (exact) mass is 263 g/mol. The number of rotatable bonds is 2. The quantitative estimate of drug-likeness (QED) is 0.546. The Balaban J connectivity index is 1.99. The van der Waals surface area contributed by atoms with E-state index in [1.165, 1.54) is 0 Å². The van der Waals surface area contributed by atoms with Crippen LogP contribution < -0.4 is 5.73 Å². The van der Waals surface area contributed by atoms with Crippen LogP contribution in [-0.2, 0) is 0 Å². The van der Waals surface area contributed by atoms with Crippen LogP contribution >= 0.6 is 0 Å². The van der Waals surface area contributed by atoms with Gasteiger partial charge in [0.05, 0.1) is 23.0 Å². The van der Waals surface area contributed by atoms with E-state index in [1.807, 2.05) is 6.07 Å². The number of anilines is 1. The van der Waals surface area contributed by atoms with E-state index in [4.69, 9.17) is 11.0 Å². The first-order valence-corrected chi connectivity index (χ1v) is 5.79. The summed E-state index contributed by atoms with van der Waals surface area (Å²) < 4.78 is 0. The highest BCUT2D eigenvalue weighted by Crippen LogP contribution is 2.30. The van der Waals surface area contributed by atoms with Crippen LogP contribution in [0.5, 0.6) is 0 Å². The predicted octanol–water partition coefficient (Wildman–Crippen LogP) is 2.83. The molecule has 1 aromatic heterocycles. The summed E-state index contributed by atoms with van der Waals surface area (Å²) in [6, 6.07) is 12.3. The molecule has 0 fully saturated rings. The fraction of sp³-hybridized carbons (Fsp3) is 0. The van der Waals surface area contributed by atoms with Crippen molar-refractivity contribution in [2.75, 3.05) is 5.73 Å². The van der Waals surface area contributed by atoms with Gasteiger partial charge in [-0.25, -0.2) is 0 Å². The zero-order valence-electron chi connectivity index (χ0n) is 10.3. The Morgan fingerprint density at radius 3 is 2.65 bits per heavy atom. The van der Waals surface area contributed by atoms with Gasteiger partial charge < -0.3 is 5.73 Å². The molecule has 0 bridgehead atoms. The number of nitriles is 1. The molecule has 0 spiro atoms. The van der Waals surface area contributed by atoms with Crippen molar-refractivity contribution < 1.29 is 0 Å². The Morgan fingerprint density at radius 1 is 1.10 bits per heavy atom. The summed E-state index contributed by atoms with van der Waals surface area (Å²) in [7, 11) is 0. The number of aromatic nitrogens is 3. The summed E-state index contributed by atoms with van der Waals surface area (Å²) in [6.45, 7) is 0. The Hall–Kier alpha value is -3.27. The number of H-pyrrole nitrogens is 1. The zero-order chi connectivity index (χ0) is 13.9. The Labute approximate surface area is 113 Å². The molecule has 0 aliphatic heterocycles. The summed E-state index contributed by atoms with van der Waals surface area (Å²) >= 11 is 0. The number of fused-ring (bicyclic) bond motifs is 1. The number of nitrogens with one attached hydrogen (secondary N) is 1. The summed E-state index contributed by atoms with van der Waals surface area (Å²) in [5, 5.41) is 27.3. The number of hydrogen-bond donors (Lipinski definition) is 2. The summed E-state index contributed by atoms with van der Waals surface area (Å²) in [6.07, 6.45) is 0. The van der Waals surface area contributed by atoms with Gasteiger partial charge in [0, 0.05) is 0 Å². The lowest BCUT2D eigenvalue weighted by Gasteiger charge is -1.99. The molecular weight excluding hydrogens is 254 g/mol. The van der Waals surface area contributed by atoms with Crippen molar-refractivity contribution in [3.05, 3.63) is 42.0 Å². The molecule has 0 radical (unpaired) electrons. The number of azo groups is 1. The van der Waals surface area contributed by atoms with Gasteiger partial charge in [-0.15, -0.1) is 10.2 Å². The largest absolute Gasteiger partial charge is 0.397 e. The topological polar surface area (TPSA) is 116 Å². The average molecular weight is 263 g/mol. The molecule has 7 nitrogen and oxygen atoms in total. The van der Waals surface area contributed by atoms with E-state index in [0.717, 1.165) is 0 Å². The molecular formula is C13H9N7. The van der Waals surface area contributed by atoms with Crippen LogP contribution in [0.15, 0.2) is 46.6 Å². The predicted molar refractivity (Wildman–Crippen MR) is 73.6 cm³/mol. The van der Waals surface area contributed by atoms with E-state index in [9.17, 15) is 0 Å². The lowest BCUT2D eigenvalue weighted by Crippen LogP contribution is -1.85. The molecule has 0 amide bonds. The third kappa shape index (κ3) is 2.06. The molecule has 0 saturated heterocycles. The maximum Gasteiger partial charge on any atom is 0.136 e. The molecule has 2 aromatic carbocycles. The lowest BCUT2D eigenvalue weighted by atomic mass is 10.2. The smallest absolute Gasteiger partial charge is 0.136 e. The van der Waals surface area contributed by atoms with Crippen LogP contribution in [0.3, 0.4) is 0 Å². The number of nitrogen functional groups attached to an aromatic ring is 1. The molecule has 0 aliphatic carbocycles. The van der Waals surface area contributed by atoms with Gasteiger partial charge in [-0.05, 0) is 36.4 Å². The minimum atomic E-state index is 0.487. The van der Waals surface area contributed by atoms with E-state index >= 15 is 0 Å². The second-order valence-electron chi connectivity index (χ2n) is 4.07. The van der Waals surface area contributed by atoms with Crippen LogP contribution in [0.4, 0.5) is 17.1 Å². The van der Waals surface area contributed by atoms with Gasteiger partial charge in [-0.1, -0.05) is 5.21 Å². The Kier molecular flexibility index (Phi) is 2.82. The van der Waals surface area contributed by atoms with Gasteiger partial charge >= 0.3 is 0 Å². The first-order valence-electron chi connectivity index (χ1n) is 5.79. The maximum atomic E-state index is 8.73. The van der Waals surface area contributed by atoms with Crippen LogP contribution in [0.1, 0.15) is 5.56 Å². The number of nitrogens with two attached hydrogens (primary N) is 1. The lowest BCUT2D eigenvalue weighted by molar-refractivity contribution is 0.959. The molecule has 3 aromatic rings. The summed E-state index contributed by atoms with van der Waals surface area (Å²) in [4.78, 5) is 0. The van der Waals surface area contributed by atoms with Crippen molar-refractivity contribution in [1.82, 2.24) is 15.4 Å². The normalized spacial score (nSPS) is 10.9. The summed E-state index contributed by atoms with van der Waals surface area (Å²) in [5.74, 6) is 0.